The summed E-state index contributed by atoms with van der Waals surface area (Å²) in [6.45, 7) is 8.10. The molecule has 2 heteroatoms. The Morgan fingerprint density at radius 3 is 2.79 bits per heavy atom. The SMILES string of the molecule is CCNC(Cc1cccnc1)C1CCC(C)C(C)C1. The number of nitrogens with one attached hydrogen (secondary N) is 1. The molecule has 0 radical (unpaired) electrons. The van der Waals surface area contributed by atoms with Crippen LogP contribution in [0.1, 0.15) is 45.6 Å². The van der Waals surface area contributed by atoms with Gasteiger partial charge in [0.25, 0.3) is 0 Å². The van der Waals surface area contributed by atoms with Crippen LogP contribution in [0.2, 0.25) is 0 Å². The van der Waals surface area contributed by atoms with E-state index >= 15 is 0 Å². The summed E-state index contributed by atoms with van der Waals surface area (Å²) >= 11 is 0. The average Bonchev–Trinajstić information content (AvgIpc) is 2.43. The maximum atomic E-state index is 4.24. The summed E-state index contributed by atoms with van der Waals surface area (Å²) in [5.74, 6) is 2.59. The summed E-state index contributed by atoms with van der Waals surface area (Å²) in [4.78, 5) is 4.24. The van der Waals surface area contributed by atoms with Crippen LogP contribution in [0.3, 0.4) is 0 Å². The summed E-state index contributed by atoms with van der Waals surface area (Å²) in [5, 5.41) is 3.71. The second-order valence-corrected chi connectivity index (χ2v) is 6.26. The molecule has 0 aromatic carbocycles. The fourth-order valence-corrected chi connectivity index (χ4v) is 3.40. The lowest BCUT2D eigenvalue weighted by atomic mass is 9.72. The first-order valence-electron chi connectivity index (χ1n) is 7.83. The van der Waals surface area contributed by atoms with Gasteiger partial charge >= 0.3 is 0 Å². The molecule has 0 saturated heterocycles. The minimum Gasteiger partial charge on any atom is -0.314 e. The van der Waals surface area contributed by atoms with Crippen molar-refractivity contribution >= 4 is 0 Å². The van der Waals surface area contributed by atoms with Gasteiger partial charge in [-0.25, -0.2) is 0 Å². The third-order valence-corrected chi connectivity index (χ3v) is 4.85. The lowest BCUT2D eigenvalue weighted by molar-refractivity contribution is 0.171. The number of rotatable bonds is 5. The van der Waals surface area contributed by atoms with Crippen LogP contribution in [0.15, 0.2) is 24.5 Å². The highest BCUT2D eigenvalue weighted by molar-refractivity contribution is 5.10. The van der Waals surface area contributed by atoms with E-state index in [9.17, 15) is 0 Å². The van der Waals surface area contributed by atoms with Crippen LogP contribution in [0.5, 0.6) is 0 Å². The van der Waals surface area contributed by atoms with E-state index in [0.29, 0.717) is 6.04 Å². The van der Waals surface area contributed by atoms with Gasteiger partial charge in [0, 0.05) is 18.4 Å². The van der Waals surface area contributed by atoms with Crippen LogP contribution in [-0.4, -0.2) is 17.6 Å². The monoisotopic (exact) mass is 260 g/mol. The number of pyridine rings is 1. The van der Waals surface area contributed by atoms with Crippen LogP contribution in [0.25, 0.3) is 0 Å². The van der Waals surface area contributed by atoms with Crippen molar-refractivity contribution in [2.45, 2.75) is 52.5 Å². The van der Waals surface area contributed by atoms with E-state index < -0.39 is 0 Å². The molecule has 19 heavy (non-hydrogen) atoms. The van der Waals surface area contributed by atoms with Gasteiger partial charge in [-0.1, -0.05) is 33.3 Å². The number of hydrogen-bond donors (Lipinski definition) is 1. The second kappa shape index (κ2) is 7.04. The van der Waals surface area contributed by atoms with E-state index in [1.54, 1.807) is 0 Å². The lowest BCUT2D eigenvalue weighted by Crippen LogP contribution is -2.41. The van der Waals surface area contributed by atoms with Gasteiger partial charge in [-0.05, 0) is 55.2 Å². The molecule has 2 nitrogen and oxygen atoms in total. The molecule has 4 atom stereocenters. The average molecular weight is 260 g/mol. The summed E-state index contributed by atoms with van der Waals surface area (Å²) in [7, 11) is 0. The standard InChI is InChI=1S/C17H28N2/c1-4-19-17(11-15-6-5-9-18-12-15)16-8-7-13(2)14(3)10-16/h5-6,9,12-14,16-17,19H,4,7-8,10-11H2,1-3H3. The van der Waals surface area contributed by atoms with Crippen molar-refractivity contribution in [3.63, 3.8) is 0 Å². The summed E-state index contributed by atoms with van der Waals surface area (Å²) in [5.41, 5.74) is 1.36. The molecule has 1 fully saturated rings. The molecule has 1 aromatic rings. The predicted octanol–water partition coefficient (Wildman–Crippen LogP) is 3.67. The zero-order valence-electron chi connectivity index (χ0n) is 12.6. The Morgan fingerprint density at radius 1 is 1.32 bits per heavy atom. The Labute approximate surface area is 118 Å². The highest BCUT2D eigenvalue weighted by atomic mass is 14.9. The third kappa shape index (κ3) is 4.04. The first-order valence-corrected chi connectivity index (χ1v) is 7.83. The minimum absolute atomic E-state index is 0.615. The fourth-order valence-electron chi connectivity index (χ4n) is 3.40. The van der Waals surface area contributed by atoms with E-state index in [1.807, 2.05) is 18.5 Å². The molecule has 2 rings (SSSR count). The Morgan fingerprint density at radius 2 is 2.16 bits per heavy atom. The van der Waals surface area contributed by atoms with Crippen molar-refractivity contribution in [3.05, 3.63) is 30.1 Å². The molecule has 0 amide bonds. The van der Waals surface area contributed by atoms with Gasteiger partial charge in [0.2, 0.25) is 0 Å². The van der Waals surface area contributed by atoms with Crippen LogP contribution < -0.4 is 5.32 Å². The van der Waals surface area contributed by atoms with Crippen molar-refractivity contribution in [2.75, 3.05) is 6.54 Å². The molecular formula is C17H28N2. The highest BCUT2D eigenvalue weighted by Crippen LogP contribution is 2.35. The van der Waals surface area contributed by atoms with Crippen LogP contribution >= 0.6 is 0 Å². The van der Waals surface area contributed by atoms with E-state index in [-0.39, 0.29) is 0 Å². The van der Waals surface area contributed by atoms with Crippen LogP contribution in [0, 0.1) is 17.8 Å². The molecular weight excluding hydrogens is 232 g/mol. The third-order valence-electron chi connectivity index (χ3n) is 4.85. The van der Waals surface area contributed by atoms with Gasteiger partial charge in [0.05, 0.1) is 0 Å². The van der Waals surface area contributed by atoms with Crippen molar-refractivity contribution in [1.82, 2.24) is 10.3 Å². The smallest absolute Gasteiger partial charge is 0.0300 e. The molecule has 1 saturated carbocycles. The maximum absolute atomic E-state index is 4.24. The van der Waals surface area contributed by atoms with Crippen LogP contribution in [0.4, 0.5) is 0 Å². The first-order chi connectivity index (χ1) is 9.20. The zero-order valence-corrected chi connectivity index (χ0v) is 12.6. The van der Waals surface area contributed by atoms with E-state index in [1.165, 1.54) is 24.8 Å². The normalized spacial score (nSPS) is 29.1. The van der Waals surface area contributed by atoms with Gasteiger partial charge < -0.3 is 5.32 Å². The number of nitrogens with zero attached hydrogens (tertiary/aromatic N) is 1. The van der Waals surface area contributed by atoms with Crippen molar-refractivity contribution in [2.24, 2.45) is 17.8 Å². The van der Waals surface area contributed by atoms with E-state index in [0.717, 1.165) is 30.7 Å². The number of aromatic nitrogens is 1. The predicted molar refractivity (Wildman–Crippen MR) is 81.1 cm³/mol. The van der Waals surface area contributed by atoms with Crippen molar-refractivity contribution in [1.29, 1.82) is 0 Å². The highest BCUT2D eigenvalue weighted by Gasteiger charge is 2.29. The van der Waals surface area contributed by atoms with E-state index in [4.69, 9.17) is 0 Å². The second-order valence-electron chi connectivity index (χ2n) is 6.26. The molecule has 0 aliphatic heterocycles. The molecule has 106 valence electrons. The van der Waals surface area contributed by atoms with Gasteiger partial charge in [0.15, 0.2) is 0 Å². The van der Waals surface area contributed by atoms with Gasteiger partial charge in [0.1, 0.15) is 0 Å². The molecule has 1 N–H and O–H groups in total. The van der Waals surface area contributed by atoms with E-state index in [2.05, 4.69) is 37.1 Å². The molecule has 1 aliphatic carbocycles. The van der Waals surface area contributed by atoms with Gasteiger partial charge in [-0.2, -0.15) is 0 Å². The van der Waals surface area contributed by atoms with Crippen LogP contribution in [-0.2, 0) is 6.42 Å². The largest absolute Gasteiger partial charge is 0.314 e. The maximum Gasteiger partial charge on any atom is 0.0300 e. The summed E-state index contributed by atoms with van der Waals surface area (Å²) < 4.78 is 0. The van der Waals surface area contributed by atoms with Gasteiger partial charge in [-0.15, -0.1) is 0 Å². The molecule has 4 unspecified atom stereocenters. The Kier molecular flexibility index (Phi) is 5.38. The Bertz CT molecular complexity index is 363. The zero-order chi connectivity index (χ0) is 13.7. The molecule has 1 aromatic heterocycles. The summed E-state index contributed by atoms with van der Waals surface area (Å²) in [6, 6.07) is 4.86. The number of hydrogen-bond acceptors (Lipinski definition) is 2. The Balaban J connectivity index is 1.99. The first kappa shape index (κ1) is 14.5. The van der Waals surface area contributed by atoms with Gasteiger partial charge in [-0.3, -0.25) is 4.98 Å². The lowest BCUT2D eigenvalue weighted by Gasteiger charge is -2.37. The quantitative estimate of drug-likeness (QED) is 0.873. The van der Waals surface area contributed by atoms with Crippen molar-refractivity contribution < 1.29 is 0 Å². The molecule has 0 spiro atoms. The Hall–Kier alpha value is -0.890. The molecule has 1 heterocycles. The summed E-state index contributed by atoms with van der Waals surface area (Å²) in [6.07, 6.45) is 9.13. The van der Waals surface area contributed by atoms with Crippen molar-refractivity contribution in [3.8, 4) is 0 Å². The number of likely N-dealkylation sites (N-methyl/N-ethyl adjacent to an activating group) is 1. The topological polar surface area (TPSA) is 24.9 Å². The molecule has 0 bridgehead atoms. The minimum atomic E-state index is 0.615. The molecule has 1 aliphatic rings. The fraction of sp³-hybridized carbons (Fsp3) is 0.706.